The average Bonchev–Trinajstić information content (AvgIpc) is 2.61. The van der Waals surface area contributed by atoms with Gasteiger partial charge in [-0.3, -0.25) is 4.79 Å². The average molecular weight is 326 g/mol. The zero-order valence-corrected chi connectivity index (χ0v) is 13.5. The Morgan fingerprint density at radius 2 is 1.42 bits per heavy atom. The lowest BCUT2D eigenvalue weighted by atomic mass is 9.91. The Hall–Kier alpha value is -2.01. The smallest absolute Gasteiger partial charge is 0.166 e. The van der Waals surface area contributed by atoms with E-state index in [2.05, 4.69) is 0 Å². The summed E-state index contributed by atoms with van der Waals surface area (Å²) in [5.74, 6) is -0.0947. The van der Waals surface area contributed by atoms with Crippen LogP contribution >= 0.6 is 0 Å². The molecular weight excluding hydrogens is 304 g/mol. The Labute approximate surface area is 142 Å². The molecule has 1 aliphatic carbocycles. The number of carbonyl (C=O) groups excluding carboxylic acids is 1. The molecule has 1 N–H and O–H groups in total. The number of rotatable bonds is 6. The van der Waals surface area contributed by atoms with Crippen LogP contribution in [0.15, 0.2) is 60.7 Å². The number of hydrogen-bond acceptors (Lipinski definition) is 4. The van der Waals surface area contributed by atoms with Gasteiger partial charge >= 0.3 is 0 Å². The molecule has 0 aliphatic heterocycles. The molecule has 1 fully saturated rings. The minimum atomic E-state index is -0.658. The number of aliphatic hydroxyl groups is 1. The van der Waals surface area contributed by atoms with E-state index in [4.69, 9.17) is 9.47 Å². The minimum Gasteiger partial charge on any atom is -0.393 e. The molecule has 2 aromatic rings. The van der Waals surface area contributed by atoms with Crippen LogP contribution in [0.4, 0.5) is 0 Å². The number of aliphatic hydroxyl groups excluding tert-OH is 1. The molecule has 0 heterocycles. The van der Waals surface area contributed by atoms with Gasteiger partial charge in [0, 0.05) is 12.8 Å². The normalized spacial score (nSPS) is 24.0. The molecule has 126 valence electrons. The van der Waals surface area contributed by atoms with Crippen molar-refractivity contribution in [3.05, 3.63) is 71.8 Å². The largest absolute Gasteiger partial charge is 0.393 e. The third-order valence-corrected chi connectivity index (χ3v) is 4.18. The lowest BCUT2D eigenvalue weighted by Crippen LogP contribution is -2.46. The van der Waals surface area contributed by atoms with Crippen LogP contribution in [0.2, 0.25) is 0 Å². The molecule has 3 rings (SSSR count). The predicted molar refractivity (Wildman–Crippen MR) is 90.3 cm³/mol. The summed E-state index contributed by atoms with van der Waals surface area (Å²) in [6.45, 7) is 0.759. The first kappa shape index (κ1) is 16.8. The first-order valence-electron chi connectivity index (χ1n) is 8.24. The van der Waals surface area contributed by atoms with E-state index in [1.165, 1.54) is 0 Å². The van der Waals surface area contributed by atoms with Crippen LogP contribution in [0.25, 0.3) is 0 Å². The maximum absolute atomic E-state index is 12.3. The van der Waals surface area contributed by atoms with Crippen molar-refractivity contribution in [3.8, 4) is 0 Å². The van der Waals surface area contributed by atoms with Crippen molar-refractivity contribution in [1.29, 1.82) is 0 Å². The van der Waals surface area contributed by atoms with Gasteiger partial charge in [0.15, 0.2) is 5.78 Å². The zero-order chi connectivity index (χ0) is 16.8. The third kappa shape index (κ3) is 4.51. The summed E-state index contributed by atoms with van der Waals surface area (Å²) in [7, 11) is 0. The highest BCUT2D eigenvalue weighted by atomic mass is 16.5. The van der Waals surface area contributed by atoms with E-state index in [0.29, 0.717) is 19.6 Å². The Kier molecular flexibility index (Phi) is 5.75. The minimum absolute atomic E-state index is 0.0947. The molecular formula is C20H22O4. The van der Waals surface area contributed by atoms with Gasteiger partial charge in [0.1, 0.15) is 6.10 Å². The van der Waals surface area contributed by atoms with Gasteiger partial charge < -0.3 is 14.6 Å². The quantitative estimate of drug-likeness (QED) is 0.887. The van der Waals surface area contributed by atoms with Gasteiger partial charge in [-0.05, 0) is 11.1 Å². The standard InChI is InChI=1S/C20H22O4/c21-17-11-18(22)20(24-14-16-9-5-2-6-10-16)19(12-17)23-13-15-7-3-1-4-8-15/h1-10,17,19-21H,11-14H2. The summed E-state index contributed by atoms with van der Waals surface area (Å²) in [4.78, 5) is 12.3. The van der Waals surface area contributed by atoms with E-state index in [1.54, 1.807) is 0 Å². The molecule has 2 aromatic carbocycles. The Balaban J connectivity index is 1.62. The molecule has 24 heavy (non-hydrogen) atoms. The van der Waals surface area contributed by atoms with Gasteiger partial charge in [-0.1, -0.05) is 60.7 Å². The molecule has 4 nitrogen and oxygen atoms in total. The van der Waals surface area contributed by atoms with Crippen LogP contribution < -0.4 is 0 Å². The molecule has 0 spiro atoms. The molecule has 0 bridgehead atoms. The summed E-state index contributed by atoms with van der Waals surface area (Å²) < 4.78 is 11.8. The summed E-state index contributed by atoms with van der Waals surface area (Å²) in [6.07, 6.45) is -1.17. The number of carbonyl (C=O) groups is 1. The molecule has 3 unspecified atom stereocenters. The molecule has 1 saturated carbocycles. The topological polar surface area (TPSA) is 55.8 Å². The van der Waals surface area contributed by atoms with E-state index in [9.17, 15) is 9.90 Å². The summed E-state index contributed by atoms with van der Waals surface area (Å²) in [5, 5.41) is 9.89. The van der Waals surface area contributed by atoms with Crippen LogP contribution in [-0.2, 0) is 27.5 Å². The highest BCUT2D eigenvalue weighted by molar-refractivity contribution is 5.85. The van der Waals surface area contributed by atoms with Crippen LogP contribution in [0.1, 0.15) is 24.0 Å². The first-order valence-corrected chi connectivity index (χ1v) is 8.24. The second-order valence-corrected chi connectivity index (χ2v) is 6.11. The maximum Gasteiger partial charge on any atom is 0.166 e. The van der Waals surface area contributed by atoms with Crippen molar-refractivity contribution in [2.45, 2.75) is 44.4 Å². The van der Waals surface area contributed by atoms with Crippen LogP contribution in [-0.4, -0.2) is 29.2 Å². The second kappa shape index (κ2) is 8.20. The maximum atomic E-state index is 12.3. The fraction of sp³-hybridized carbons (Fsp3) is 0.350. The van der Waals surface area contributed by atoms with Crippen LogP contribution in [0.3, 0.4) is 0 Å². The predicted octanol–water partition coefficient (Wildman–Crippen LogP) is 2.88. The van der Waals surface area contributed by atoms with Crippen molar-refractivity contribution in [2.24, 2.45) is 0 Å². The van der Waals surface area contributed by atoms with Gasteiger partial charge in [0.25, 0.3) is 0 Å². The summed E-state index contributed by atoms with van der Waals surface area (Å²) >= 11 is 0. The first-order chi connectivity index (χ1) is 11.7. The highest BCUT2D eigenvalue weighted by Gasteiger charge is 2.37. The Morgan fingerprint density at radius 3 is 2.00 bits per heavy atom. The Morgan fingerprint density at radius 1 is 0.875 bits per heavy atom. The second-order valence-electron chi connectivity index (χ2n) is 6.11. The molecule has 0 radical (unpaired) electrons. The number of hydrogen-bond donors (Lipinski definition) is 1. The number of ketones is 1. The van der Waals surface area contributed by atoms with E-state index in [0.717, 1.165) is 11.1 Å². The van der Waals surface area contributed by atoms with Crippen LogP contribution in [0, 0.1) is 0 Å². The van der Waals surface area contributed by atoms with E-state index < -0.39 is 18.3 Å². The third-order valence-electron chi connectivity index (χ3n) is 4.18. The van der Waals surface area contributed by atoms with Crippen molar-refractivity contribution >= 4 is 5.78 Å². The van der Waals surface area contributed by atoms with Crippen molar-refractivity contribution in [3.63, 3.8) is 0 Å². The molecule has 3 atom stereocenters. The molecule has 0 saturated heterocycles. The van der Waals surface area contributed by atoms with Gasteiger partial charge in [-0.2, -0.15) is 0 Å². The van der Waals surface area contributed by atoms with E-state index in [-0.39, 0.29) is 12.2 Å². The van der Waals surface area contributed by atoms with Gasteiger partial charge in [0.2, 0.25) is 0 Å². The van der Waals surface area contributed by atoms with Crippen LogP contribution in [0.5, 0.6) is 0 Å². The lowest BCUT2D eigenvalue weighted by Gasteiger charge is -2.32. The number of Topliss-reactive ketones (excluding diaryl/α,β-unsaturated/α-hetero) is 1. The molecule has 0 amide bonds. The van der Waals surface area contributed by atoms with Crippen molar-refractivity contribution in [1.82, 2.24) is 0 Å². The SMILES string of the molecule is O=C1CC(O)CC(OCc2ccccc2)C1OCc1ccccc1. The monoisotopic (exact) mass is 326 g/mol. The number of benzene rings is 2. The number of ether oxygens (including phenoxy) is 2. The van der Waals surface area contributed by atoms with E-state index in [1.807, 2.05) is 60.7 Å². The van der Waals surface area contributed by atoms with Gasteiger partial charge in [0.05, 0.1) is 25.4 Å². The molecule has 4 heteroatoms. The van der Waals surface area contributed by atoms with Gasteiger partial charge in [-0.25, -0.2) is 0 Å². The molecule has 1 aliphatic rings. The summed E-state index contributed by atoms with van der Waals surface area (Å²) in [6, 6.07) is 19.5. The fourth-order valence-corrected chi connectivity index (χ4v) is 2.92. The van der Waals surface area contributed by atoms with Crippen molar-refractivity contribution in [2.75, 3.05) is 0 Å². The fourth-order valence-electron chi connectivity index (χ4n) is 2.92. The Bertz CT molecular complexity index is 641. The van der Waals surface area contributed by atoms with E-state index >= 15 is 0 Å². The highest BCUT2D eigenvalue weighted by Crippen LogP contribution is 2.24. The summed E-state index contributed by atoms with van der Waals surface area (Å²) in [5.41, 5.74) is 2.05. The van der Waals surface area contributed by atoms with Crippen molar-refractivity contribution < 1.29 is 19.4 Å². The lowest BCUT2D eigenvalue weighted by molar-refractivity contribution is -0.159. The molecule has 0 aromatic heterocycles. The zero-order valence-electron chi connectivity index (χ0n) is 13.5. The van der Waals surface area contributed by atoms with Gasteiger partial charge in [-0.15, -0.1) is 0 Å².